The van der Waals surface area contributed by atoms with E-state index in [-0.39, 0.29) is 18.9 Å². The molecule has 4 rings (SSSR count). The van der Waals surface area contributed by atoms with Gasteiger partial charge in [0, 0.05) is 25.7 Å². The first-order valence-corrected chi connectivity index (χ1v) is 12.3. The number of nitrogens with one attached hydrogen (secondary N) is 2. The van der Waals surface area contributed by atoms with E-state index in [1.165, 1.54) is 23.6 Å². The van der Waals surface area contributed by atoms with E-state index in [2.05, 4.69) is 52.9 Å². The average Bonchev–Trinajstić information content (AvgIpc) is 2.93. The summed E-state index contributed by atoms with van der Waals surface area (Å²) >= 11 is 0. The maximum atomic E-state index is 11.8. The number of pyridine rings is 1. The molecule has 1 atom stereocenters. The lowest BCUT2D eigenvalue weighted by Gasteiger charge is -2.16. The number of carbonyl (C=O) groups excluding carboxylic acids is 3. The molecule has 1 heterocycles. The Morgan fingerprint density at radius 2 is 1.37 bits per heavy atom. The van der Waals surface area contributed by atoms with Crippen molar-refractivity contribution in [1.29, 1.82) is 0 Å². The summed E-state index contributed by atoms with van der Waals surface area (Å²) < 4.78 is 0. The Kier molecular flexibility index (Phi) is 10.3. The van der Waals surface area contributed by atoms with Crippen LogP contribution in [0.3, 0.4) is 0 Å². The second-order valence-corrected chi connectivity index (χ2v) is 8.81. The van der Waals surface area contributed by atoms with E-state index in [9.17, 15) is 14.4 Å². The number of hydrogen-bond acceptors (Lipinski definition) is 4. The highest BCUT2D eigenvalue weighted by molar-refractivity contribution is 5.89. The van der Waals surface area contributed by atoms with Crippen molar-refractivity contribution >= 4 is 17.7 Å². The van der Waals surface area contributed by atoms with Crippen LogP contribution in [0.2, 0.25) is 0 Å². The number of aromatic nitrogens is 1. The molecule has 0 bridgehead atoms. The summed E-state index contributed by atoms with van der Waals surface area (Å²) in [6, 6.07) is 29.3. The van der Waals surface area contributed by atoms with Gasteiger partial charge in [-0.05, 0) is 40.8 Å². The minimum absolute atomic E-state index is 0.188. The van der Waals surface area contributed by atoms with Crippen molar-refractivity contribution in [1.82, 2.24) is 15.6 Å². The Morgan fingerprint density at radius 3 is 1.95 bits per heavy atom. The van der Waals surface area contributed by atoms with Crippen LogP contribution in [0.15, 0.2) is 103 Å². The van der Waals surface area contributed by atoms with Gasteiger partial charge in [0.25, 0.3) is 0 Å². The summed E-state index contributed by atoms with van der Waals surface area (Å²) in [4.78, 5) is 38.3. The van der Waals surface area contributed by atoms with Crippen molar-refractivity contribution in [2.24, 2.45) is 5.73 Å². The van der Waals surface area contributed by atoms with Crippen LogP contribution in [0.25, 0.3) is 22.3 Å². The molecule has 3 aromatic carbocycles. The van der Waals surface area contributed by atoms with Crippen molar-refractivity contribution < 1.29 is 14.4 Å². The first-order valence-electron chi connectivity index (χ1n) is 12.3. The third kappa shape index (κ3) is 9.02. The molecule has 0 unspecified atom stereocenters. The van der Waals surface area contributed by atoms with E-state index in [1.807, 2.05) is 66.9 Å². The first kappa shape index (κ1) is 27.8. The maximum absolute atomic E-state index is 11.8. The highest BCUT2D eigenvalue weighted by atomic mass is 16.2. The van der Waals surface area contributed by atoms with E-state index in [0.29, 0.717) is 0 Å². The largest absolute Gasteiger partial charge is 0.368 e. The van der Waals surface area contributed by atoms with E-state index >= 15 is 0 Å². The highest BCUT2D eigenvalue weighted by Crippen LogP contribution is 2.20. The monoisotopic (exact) mass is 508 g/mol. The molecule has 0 fully saturated rings. The zero-order valence-electron chi connectivity index (χ0n) is 21.6. The van der Waals surface area contributed by atoms with Crippen molar-refractivity contribution in [3.63, 3.8) is 0 Å². The normalized spacial score (nSPS) is 10.9. The minimum Gasteiger partial charge on any atom is -0.368 e. The highest BCUT2D eigenvalue weighted by Gasteiger charge is 2.18. The van der Waals surface area contributed by atoms with Crippen LogP contribution in [-0.4, -0.2) is 35.3 Å². The smallest absolute Gasteiger partial charge is 0.240 e. The van der Waals surface area contributed by atoms with Gasteiger partial charge >= 0.3 is 0 Å². The second kappa shape index (κ2) is 14.1. The molecular formula is C31H32N4O3. The molecule has 7 heteroatoms. The minimum atomic E-state index is -0.830. The van der Waals surface area contributed by atoms with E-state index in [0.717, 1.165) is 16.7 Å². The van der Waals surface area contributed by atoms with Gasteiger partial charge in [0.15, 0.2) is 0 Å². The summed E-state index contributed by atoms with van der Waals surface area (Å²) in [5, 5.41) is 4.91. The van der Waals surface area contributed by atoms with Gasteiger partial charge in [-0.25, -0.2) is 0 Å². The number of aryl methyl sites for hydroxylation is 1. The molecule has 3 amide bonds. The SMILES string of the molecule is CC(=O)NCC(=O)N[C@H](Cc1ccc(-c2ccccc2)cc1)C(N)=O.Cc1ccc(-c2cccnc2)cc1. The Bertz CT molecular complexity index is 1320. The predicted molar refractivity (Wildman–Crippen MR) is 150 cm³/mol. The van der Waals surface area contributed by atoms with Crippen LogP contribution in [0.4, 0.5) is 0 Å². The van der Waals surface area contributed by atoms with Gasteiger partial charge in [0.2, 0.25) is 17.7 Å². The average molecular weight is 509 g/mol. The van der Waals surface area contributed by atoms with E-state index < -0.39 is 17.9 Å². The van der Waals surface area contributed by atoms with Gasteiger partial charge in [0.05, 0.1) is 6.54 Å². The molecule has 0 radical (unpaired) electrons. The van der Waals surface area contributed by atoms with Crippen molar-refractivity contribution in [2.45, 2.75) is 26.3 Å². The number of benzene rings is 3. The number of amides is 3. The van der Waals surface area contributed by atoms with Gasteiger partial charge in [0.1, 0.15) is 6.04 Å². The number of rotatable bonds is 8. The summed E-state index contributed by atoms with van der Waals surface area (Å²) in [6.45, 7) is 3.21. The van der Waals surface area contributed by atoms with Crippen LogP contribution in [0, 0.1) is 6.92 Å². The second-order valence-electron chi connectivity index (χ2n) is 8.81. The van der Waals surface area contributed by atoms with E-state index in [4.69, 9.17) is 5.73 Å². The molecule has 0 spiro atoms. The standard InChI is InChI=1S/C19H21N3O3.C12H11N/c1-13(23)21-12-18(24)22-17(19(20)25)11-14-7-9-16(10-8-14)15-5-3-2-4-6-15;1-10-4-6-11(7-5-10)12-3-2-8-13-9-12/h2-10,17H,11-12H2,1H3,(H2,20,25)(H,21,23)(H,22,24);2-9H,1H3/t17-;/m1./s1. The third-order valence-corrected chi connectivity index (χ3v) is 5.72. The van der Waals surface area contributed by atoms with E-state index in [1.54, 1.807) is 6.20 Å². The van der Waals surface area contributed by atoms with Gasteiger partial charge in [-0.1, -0.05) is 90.5 Å². The fourth-order valence-corrected chi connectivity index (χ4v) is 3.65. The Hall–Kier alpha value is -4.78. The summed E-state index contributed by atoms with van der Waals surface area (Å²) in [6.07, 6.45) is 3.96. The number of carbonyl (C=O) groups is 3. The molecule has 1 aromatic heterocycles. The van der Waals surface area contributed by atoms with Crippen LogP contribution in [0.5, 0.6) is 0 Å². The fraction of sp³-hybridized carbons (Fsp3) is 0.161. The maximum Gasteiger partial charge on any atom is 0.240 e. The van der Waals surface area contributed by atoms with Gasteiger partial charge < -0.3 is 16.4 Å². The van der Waals surface area contributed by atoms with Crippen molar-refractivity contribution in [3.05, 3.63) is 115 Å². The van der Waals surface area contributed by atoms with Crippen LogP contribution in [0.1, 0.15) is 18.1 Å². The summed E-state index contributed by atoms with van der Waals surface area (Å²) in [7, 11) is 0. The topological polar surface area (TPSA) is 114 Å². The predicted octanol–water partition coefficient (Wildman–Crippen LogP) is 4.06. The lowest BCUT2D eigenvalue weighted by molar-refractivity contribution is -0.128. The molecule has 0 saturated heterocycles. The zero-order valence-corrected chi connectivity index (χ0v) is 21.6. The van der Waals surface area contributed by atoms with Crippen molar-refractivity contribution in [3.8, 4) is 22.3 Å². The molecule has 0 aliphatic rings. The Balaban J connectivity index is 0.000000256. The number of hydrogen-bond donors (Lipinski definition) is 3. The third-order valence-electron chi connectivity index (χ3n) is 5.72. The summed E-state index contributed by atoms with van der Waals surface area (Å²) in [5.41, 5.74) is 12.1. The molecule has 4 N–H and O–H groups in total. The molecule has 4 aromatic rings. The molecule has 0 aliphatic carbocycles. The van der Waals surface area contributed by atoms with Gasteiger partial charge in [-0.3, -0.25) is 19.4 Å². The lowest BCUT2D eigenvalue weighted by Crippen LogP contribution is -2.48. The molecule has 194 valence electrons. The number of nitrogens with two attached hydrogens (primary N) is 1. The zero-order chi connectivity index (χ0) is 27.3. The summed E-state index contributed by atoms with van der Waals surface area (Å²) in [5.74, 6) is -1.40. The molecular weight excluding hydrogens is 476 g/mol. The first-order chi connectivity index (χ1) is 18.3. The Labute approximate surface area is 223 Å². The quantitative estimate of drug-likeness (QED) is 0.333. The molecule has 0 aliphatic heterocycles. The fourth-order valence-electron chi connectivity index (χ4n) is 3.65. The lowest BCUT2D eigenvalue weighted by atomic mass is 10.0. The molecule has 0 saturated carbocycles. The number of primary amides is 1. The Morgan fingerprint density at radius 1 is 0.789 bits per heavy atom. The van der Waals surface area contributed by atoms with Crippen LogP contribution in [-0.2, 0) is 20.8 Å². The van der Waals surface area contributed by atoms with Gasteiger partial charge in [-0.15, -0.1) is 0 Å². The number of nitrogens with zero attached hydrogens (tertiary/aromatic N) is 1. The molecule has 7 nitrogen and oxygen atoms in total. The van der Waals surface area contributed by atoms with Crippen molar-refractivity contribution in [2.75, 3.05) is 6.54 Å². The molecule has 38 heavy (non-hydrogen) atoms. The van der Waals surface area contributed by atoms with Crippen LogP contribution < -0.4 is 16.4 Å². The van der Waals surface area contributed by atoms with Gasteiger partial charge in [-0.2, -0.15) is 0 Å². The van der Waals surface area contributed by atoms with Crippen LogP contribution >= 0.6 is 0 Å².